The lowest BCUT2D eigenvalue weighted by Crippen LogP contribution is -2.47. The van der Waals surface area contributed by atoms with E-state index in [2.05, 4.69) is 24.2 Å². The fourth-order valence-corrected chi connectivity index (χ4v) is 2.47. The van der Waals surface area contributed by atoms with E-state index in [0.29, 0.717) is 5.92 Å². The van der Waals surface area contributed by atoms with E-state index in [1.54, 1.807) is 0 Å². The highest BCUT2D eigenvalue weighted by molar-refractivity contribution is 5.85. The maximum Gasteiger partial charge on any atom is 0.227 e. The molecule has 2 aliphatic heterocycles. The number of nitrogens with one attached hydrogen (secondary N) is 1. The Morgan fingerprint density at radius 2 is 2.42 bits per heavy atom. The fourth-order valence-electron chi connectivity index (χ4n) is 2.47. The van der Waals surface area contributed by atoms with E-state index in [-0.39, 0.29) is 11.3 Å². The second kappa shape index (κ2) is 2.46. The van der Waals surface area contributed by atoms with Crippen LogP contribution in [-0.2, 0) is 4.79 Å². The molecule has 1 amide bonds. The van der Waals surface area contributed by atoms with Crippen LogP contribution in [0.1, 0.15) is 13.3 Å². The van der Waals surface area contributed by atoms with E-state index in [9.17, 15) is 4.79 Å². The van der Waals surface area contributed by atoms with Gasteiger partial charge in [0.15, 0.2) is 0 Å². The first-order chi connectivity index (χ1) is 5.63. The first-order valence-corrected chi connectivity index (χ1v) is 4.60. The molecule has 2 saturated heterocycles. The molecule has 0 aromatic rings. The third-order valence-electron chi connectivity index (χ3n) is 3.39. The largest absolute Gasteiger partial charge is 0.355 e. The smallest absolute Gasteiger partial charge is 0.227 e. The second-order valence-corrected chi connectivity index (χ2v) is 4.35. The number of amides is 1. The molecule has 0 bridgehead atoms. The minimum absolute atomic E-state index is 0.104. The van der Waals surface area contributed by atoms with Gasteiger partial charge in [0.1, 0.15) is 0 Å². The van der Waals surface area contributed by atoms with Crippen molar-refractivity contribution >= 4 is 5.91 Å². The van der Waals surface area contributed by atoms with Gasteiger partial charge in [-0.1, -0.05) is 0 Å². The van der Waals surface area contributed by atoms with Gasteiger partial charge in [0.2, 0.25) is 5.91 Å². The maximum absolute atomic E-state index is 11.5. The normalized spacial score (nSPS) is 42.5. The molecule has 2 fully saturated rings. The number of nitrogens with zero attached hydrogens (tertiary/aromatic N) is 1. The van der Waals surface area contributed by atoms with Crippen LogP contribution in [0.3, 0.4) is 0 Å². The third kappa shape index (κ3) is 0.959. The van der Waals surface area contributed by atoms with Crippen LogP contribution in [0, 0.1) is 11.3 Å². The molecule has 3 heteroatoms. The van der Waals surface area contributed by atoms with Gasteiger partial charge in [0.05, 0.1) is 5.41 Å². The second-order valence-electron chi connectivity index (χ2n) is 4.35. The van der Waals surface area contributed by atoms with Crippen molar-refractivity contribution in [2.45, 2.75) is 13.3 Å². The van der Waals surface area contributed by atoms with Crippen molar-refractivity contribution in [3.8, 4) is 0 Å². The summed E-state index contributed by atoms with van der Waals surface area (Å²) in [6.45, 7) is 5.04. The maximum atomic E-state index is 11.5. The van der Waals surface area contributed by atoms with Gasteiger partial charge >= 0.3 is 0 Å². The molecule has 12 heavy (non-hydrogen) atoms. The molecule has 0 aromatic heterocycles. The summed E-state index contributed by atoms with van der Waals surface area (Å²) in [7, 11) is 2.09. The van der Waals surface area contributed by atoms with Crippen LogP contribution in [0.4, 0.5) is 0 Å². The Morgan fingerprint density at radius 1 is 1.67 bits per heavy atom. The van der Waals surface area contributed by atoms with E-state index in [0.717, 1.165) is 26.1 Å². The molecule has 1 N–H and O–H groups in total. The van der Waals surface area contributed by atoms with E-state index in [1.165, 1.54) is 0 Å². The van der Waals surface area contributed by atoms with Gasteiger partial charge in [-0.15, -0.1) is 0 Å². The molecule has 0 saturated carbocycles. The van der Waals surface area contributed by atoms with E-state index in [1.807, 2.05) is 0 Å². The average Bonchev–Trinajstić information content (AvgIpc) is 2.28. The topological polar surface area (TPSA) is 32.3 Å². The standard InChI is InChI=1S/C9H16N2O/c1-9-6-11(2)4-3-7(9)5-10-8(9)12/h7H,3-6H2,1-2H3,(H,10,12). The Labute approximate surface area is 73.1 Å². The first-order valence-electron chi connectivity index (χ1n) is 4.60. The van der Waals surface area contributed by atoms with Gasteiger partial charge in [0.25, 0.3) is 0 Å². The molecule has 0 aliphatic carbocycles. The molecule has 0 radical (unpaired) electrons. The molecule has 68 valence electrons. The van der Waals surface area contributed by atoms with Crippen molar-refractivity contribution < 1.29 is 4.79 Å². The van der Waals surface area contributed by atoms with Gasteiger partial charge < -0.3 is 10.2 Å². The van der Waals surface area contributed by atoms with Gasteiger partial charge in [-0.05, 0) is 32.9 Å². The predicted molar refractivity (Wildman–Crippen MR) is 46.7 cm³/mol. The molecule has 2 aliphatic rings. The molecule has 2 unspecified atom stereocenters. The van der Waals surface area contributed by atoms with Crippen LogP contribution < -0.4 is 5.32 Å². The zero-order chi connectivity index (χ0) is 8.77. The van der Waals surface area contributed by atoms with Crippen LogP contribution in [0.25, 0.3) is 0 Å². The van der Waals surface area contributed by atoms with Crippen molar-refractivity contribution in [3.05, 3.63) is 0 Å². The molecule has 2 rings (SSSR count). The summed E-state index contributed by atoms with van der Waals surface area (Å²) >= 11 is 0. The van der Waals surface area contributed by atoms with Gasteiger partial charge in [-0.25, -0.2) is 0 Å². The Hall–Kier alpha value is -0.570. The van der Waals surface area contributed by atoms with Crippen molar-refractivity contribution in [3.63, 3.8) is 0 Å². The van der Waals surface area contributed by atoms with E-state index in [4.69, 9.17) is 0 Å². The number of carbonyl (C=O) groups is 1. The summed E-state index contributed by atoms with van der Waals surface area (Å²) in [5, 5.41) is 2.96. The Kier molecular flexibility index (Phi) is 1.65. The van der Waals surface area contributed by atoms with Crippen LogP contribution in [0.5, 0.6) is 0 Å². The highest BCUT2D eigenvalue weighted by atomic mass is 16.2. The number of likely N-dealkylation sites (tertiary alicyclic amines) is 1. The van der Waals surface area contributed by atoms with Crippen molar-refractivity contribution in [1.82, 2.24) is 10.2 Å². The highest BCUT2D eigenvalue weighted by Crippen LogP contribution is 2.38. The summed E-state index contributed by atoms with van der Waals surface area (Å²) in [6, 6.07) is 0. The van der Waals surface area contributed by atoms with Gasteiger partial charge in [-0.3, -0.25) is 4.79 Å². The number of rotatable bonds is 0. The Bertz CT molecular complexity index is 217. The summed E-state index contributed by atoms with van der Waals surface area (Å²) in [6.07, 6.45) is 1.16. The van der Waals surface area contributed by atoms with E-state index >= 15 is 0 Å². The number of hydrogen-bond acceptors (Lipinski definition) is 2. The third-order valence-corrected chi connectivity index (χ3v) is 3.39. The monoisotopic (exact) mass is 168 g/mol. The Balaban J connectivity index is 2.22. The molecule has 0 spiro atoms. The number of carbonyl (C=O) groups excluding carboxylic acids is 1. The minimum Gasteiger partial charge on any atom is -0.355 e. The molecular formula is C9H16N2O. The lowest BCUT2D eigenvalue weighted by molar-refractivity contribution is -0.130. The quantitative estimate of drug-likeness (QED) is 0.555. The van der Waals surface area contributed by atoms with Crippen molar-refractivity contribution in [2.24, 2.45) is 11.3 Å². The first kappa shape index (κ1) is 8.05. The summed E-state index contributed by atoms with van der Waals surface area (Å²) < 4.78 is 0. The van der Waals surface area contributed by atoms with Crippen LogP contribution in [0.2, 0.25) is 0 Å². The molecule has 2 atom stereocenters. The minimum atomic E-state index is -0.104. The van der Waals surface area contributed by atoms with Crippen molar-refractivity contribution in [1.29, 1.82) is 0 Å². The van der Waals surface area contributed by atoms with Crippen LogP contribution in [0.15, 0.2) is 0 Å². The highest BCUT2D eigenvalue weighted by Gasteiger charge is 2.48. The molecule has 0 aromatic carbocycles. The summed E-state index contributed by atoms with van der Waals surface area (Å²) in [4.78, 5) is 13.8. The predicted octanol–water partition coefficient (Wildman–Crippen LogP) is 0.0742. The molecule has 3 nitrogen and oxygen atoms in total. The average molecular weight is 168 g/mol. The Morgan fingerprint density at radius 3 is 3.17 bits per heavy atom. The zero-order valence-corrected chi connectivity index (χ0v) is 7.76. The summed E-state index contributed by atoms with van der Waals surface area (Å²) in [5.41, 5.74) is -0.104. The van der Waals surface area contributed by atoms with Gasteiger partial charge in [-0.2, -0.15) is 0 Å². The zero-order valence-electron chi connectivity index (χ0n) is 7.76. The van der Waals surface area contributed by atoms with Crippen LogP contribution in [-0.4, -0.2) is 37.5 Å². The van der Waals surface area contributed by atoms with Crippen molar-refractivity contribution in [2.75, 3.05) is 26.7 Å². The number of piperidine rings is 1. The number of hydrogen-bond donors (Lipinski definition) is 1. The lowest BCUT2D eigenvalue weighted by atomic mass is 9.75. The van der Waals surface area contributed by atoms with Gasteiger partial charge in [0, 0.05) is 13.1 Å². The SMILES string of the molecule is CN1CCC2CNC(=O)C2(C)C1. The summed E-state index contributed by atoms with van der Waals surface area (Å²) in [5.74, 6) is 0.820. The molecule has 2 heterocycles. The van der Waals surface area contributed by atoms with E-state index < -0.39 is 0 Å². The molecular weight excluding hydrogens is 152 g/mol. The lowest BCUT2D eigenvalue weighted by Gasteiger charge is -2.38. The van der Waals surface area contributed by atoms with Crippen LogP contribution >= 0.6 is 0 Å². The number of fused-ring (bicyclic) bond motifs is 1. The fraction of sp³-hybridized carbons (Fsp3) is 0.889.